The zero-order chi connectivity index (χ0) is 8.67. The predicted octanol–water partition coefficient (Wildman–Crippen LogP) is 2.02. The van der Waals surface area contributed by atoms with E-state index >= 15 is 0 Å². The van der Waals surface area contributed by atoms with Crippen LogP contribution in [-0.2, 0) is 6.42 Å². The fourth-order valence-corrected chi connectivity index (χ4v) is 3.62. The Hall–Kier alpha value is -0.470. The molecule has 3 rings (SSSR count). The van der Waals surface area contributed by atoms with Crippen molar-refractivity contribution < 1.29 is 0 Å². The molecule has 0 saturated carbocycles. The van der Waals surface area contributed by atoms with E-state index in [1.165, 1.54) is 23.6 Å². The van der Waals surface area contributed by atoms with Gasteiger partial charge in [0.15, 0.2) is 0 Å². The van der Waals surface area contributed by atoms with Crippen LogP contribution in [0.3, 0.4) is 0 Å². The molecule has 0 radical (unpaired) electrons. The number of rotatable bonds is 0. The van der Waals surface area contributed by atoms with E-state index in [1.54, 1.807) is 11.1 Å². The Kier molecular flexibility index (Phi) is 1.84. The number of hydrogen-bond donors (Lipinski definition) is 1. The Bertz CT molecular complexity index is 335. The maximum Gasteiger partial charge on any atom is 0.0111 e. The molecule has 1 aromatic carbocycles. The van der Waals surface area contributed by atoms with Crippen molar-refractivity contribution in [3.8, 4) is 0 Å². The summed E-state index contributed by atoms with van der Waals surface area (Å²) in [4.78, 5) is 1.53. The van der Waals surface area contributed by atoms with Crippen LogP contribution < -0.4 is 5.32 Å². The van der Waals surface area contributed by atoms with Gasteiger partial charge < -0.3 is 5.32 Å². The Balaban J connectivity index is 2.16. The molecule has 0 spiro atoms. The van der Waals surface area contributed by atoms with Crippen molar-refractivity contribution in [1.82, 2.24) is 5.32 Å². The van der Waals surface area contributed by atoms with E-state index in [4.69, 9.17) is 0 Å². The van der Waals surface area contributed by atoms with Gasteiger partial charge in [0.25, 0.3) is 0 Å². The van der Waals surface area contributed by atoms with Crippen LogP contribution in [-0.4, -0.2) is 18.8 Å². The van der Waals surface area contributed by atoms with E-state index in [2.05, 4.69) is 23.5 Å². The highest BCUT2D eigenvalue weighted by Crippen LogP contribution is 2.41. The van der Waals surface area contributed by atoms with Gasteiger partial charge in [0, 0.05) is 23.1 Å². The van der Waals surface area contributed by atoms with Crippen molar-refractivity contribution in [2.45, 2.75) is 17.2 Å². The van der Waals surface area contributed by atoms with Crippen LogP contribution >= 0.6 is 11.8 Å². The average Bonchev–Trinajstić information content (AvgIpc) is 2.44. The molecule has 2 aliphatic rings. The summed E-state index contributed by atoms with van der Waals surface area (Å²) in [7, 11) is 0. The molecule has 0 bridgehead atoms. The van der Waals surface area contributed by atoms with Crippen LogP contribution in [0.4, 0.5) is 0 Å². The molecule has 1 nitrogen and oxygen atoms in total. The van der Waals surface area contributed by atoms with E-state index in [0.717, 1.165) is 12.5 Å². The summed E-state index contributed by atoms with van der Waals surface area (Å²) in [5, 5.41) is 3.52. The highest BCUT2D eigenvalue weighted by atomic mass is 32.2. The molecule has 2 aliphatic heterocycles. The largest absolute Gasteiger partial charge is 0.316 e. The van der Waals surface area contributed by atoms with E-state index < -0.39 is 0 Å². The van der Waals surface area contributed by atoms with Crippen LogP contribution in [0.2, 0.25) is 0 Å². The third-order valence-electron chi connectivity index (χ3n) is 2.97. The first kappa shape index (κ1) is 7.89. The number of hydrogen-bond acceptors (Lipinski definition) is 2. The summed E-state index contributed by atoms with van der Waals surface area (Å²) in [5.74, 6) is 2.05. The summed E-state index contributed by atoms with van der Waals surface area (Å²) < 4.78 is 0. The van der Waals surface area contributed by atoms with Crippen molar-refractivity contribution in [3.63, 3.8) is 0 Å². The molecule has 2 heterocycles. The van der Waals surface area contributed by atoms with Gasteiger partial charge in [0.2, 0.25) is 0 Å². The fraction of sp³-hybridized carbons (Fsp3) is 0.455. The lowest BCUT2D eigenvalue weighted by atomic mass is 9.96. The lowest BCUT2D eigenvalue weighted by Crippen LogP contribution is -2.20. The summed E-state index contributed by atoms with van der Waals surface area (Å²) >= 11 is 2.02. The second-order valence-electron chi connectivity index (χ2n) is 3.79. The van der Waals surface area contributed by atoms with E-state index in [1.807, 2.05) is 11.8 Å². The van der Waals surface area contributed by atoms with Gasteiger partial charge in [0.05, 0.1) is 0 Å². The highest BCUT2D eigenvalue weighted by molar-refractivity contribution is 7.99. The van der Waals surface area contributed by atoms with Gasteiger partial charge in [-0.15, -0.1) is 11.8 Å². The first-order valence-corrected chi connectivity index (χ1v) is 5.89. The van der Waals surface area contributed by atoms with Gasteiger partial charge in [-0.25, -0.2) is 0 Å². The fourth-order valence-electron chi connectivity index (χ4n) is 2.33. The molecule has 0 amide bonds. The predicted molar refractivity (Wildman–Crippen MR) is 56.5 cm³/mol. The second kappa shape index (κ2) is 3.03. The smallest absolute Gasteiger partial charge is 0.0111 e. The first-order valence-electron chi connectivity index (χ1n) is 4.90. The summed E-state index contributed by atoms with van der Waals surface area (Å²) in [6.45, 7) is 2.33. The highest BCUT2D eigenvalue weighted by Gasteiger charge is 2.26. The number of thioether (sulfide) groups is 1. The Morgan fingerprint density at radius 3 is 3.38 bits per heavy atom. The Morgan fingerprint density at radius 1 is 1.38 bits per heavy atom. The molecule has 0 fully saturated rings. The molecule has 0 saturated heterocycles. The topological polar surface area (TPSA) is 12.0 Å². The Morgan fingerprint density at radius 2 is 2.38 bits per heavy atom. The number of benzene rings is 1. The molecule has 1 aromatic rings. The van der Waals surface area contributed by atoms with Crippen LogP contribution in [0.25, 0.3) is 0 Å². The lowest BCUT2D eigenvalue weighted by Gasteiger charge is -2.09. The maximum absolute atomic E-state index is 3.52. The van der Waals surface area contributed by atoms with Gasteiger partial charge >= 0.3 is 0 Å². The second-order valence-corrected chi connectivity index (χ2v) is 4.85. The molecule has 1 N–H and O–H groups in total. The zero-order valence-corrected chi connectivity index (χ0v) is 8.36. The quantitative estimate of drug-likeness (QED) is 0.673. The van der Waals surface area contributed by atoms with E-state index in [-0.39, 0.29) is 0 Å². The summed E-state index contributed by atoms with van der Waals surface area (Å²) in [5.41, 5.74) is 3.23. The van der Waals surface area contributed by atoms with Crippen molar-refractivity contribution in [3.05, 3.63) is 29.3 Å². The van der Waals surface area contributed by atoms with E-state index in [9.17, 15) is 0 Å². The van der Waals surface area contributed by atoms with Crippen LogP contribution in [0.1, 0.15) is 17.0 Å². The normalized spacial score (nSPS) is 25.4. The Labute approximate surface area is 82.9 Å². The lowest BCUT2D eigenvalue weighted by molar-refractivity contribution is 0.651. The van der Waals surface area contributed by atoms with Gasteiger partial charge in [-0.3, -0.25) is 0 Å². The number of nitrogens with one attached hydrogen (secondary N) is 1. The zero-order valence-electron chi connectivity index (χ0n) is 7.55. The molecule has 0 aliphatic carbocycles. The van der Waals surface area contributed by atoms with Crippen molar-refractivity contribution >= 4 is 11.8 Å². The van der Waals surface area contributed by atoms with Crippen molar-refractivity contribution in [2.24, 2.45) is 0 Å². The van der Waals surface area contributed by atoms with Crippen molar-refractivity contribution in [2.75, 3.05) is 18.8 Å². The van der Waals surface area contributed by atoms with Crippen molar-refractivity contribution in [1.29, 1.82) is 0 Å². The molecular weight excluding hydrogens is 178 g/mol. The molecular formula is C11H13NS. The van der Waals surface area contributed by atoms with Gasteiger partial charge in [-0.1, -0.05) is 12.1 Å². The van der Waals surface area contributed by atoms with Crippen LogP contribution in [0.5, 0.6) is 0 Å². The van der Waals surface area contributed by atoms with Gasteiger partial charge in [-0.05, 0) is 30.2 Å². The van der Waals surface area contributed by atoms with Gasteiger partial charge in [-0.2, -0.15) is 0 Å². The average molecular weight is 191 g/mol. The first-order chi connectivity index (χ1) is 6.45. The minimum atomic E-state index is 0.777. The standard InChI is InChI=1S/C11H13NS/c1-2-8-4-5-12-6-9-7-13-10(3-1)11(8)9/h1-3,9,12H,4-7H2. The SMILES string of the molecule is c1cc2c3c(c1)SCC3CNCC2. The third kappa shape index (κ3) is 1.20. The summed E-state index contributed by atoms with van der Waals surface area (Å²) in [6.07, 6.45) is 1.21. The molecule has 2 heteroatoms. The van der Waals surface area contributed by atoms with Gasteiger partial charge in [0.1, 0.15) is 0 Å². The van der Waals surface area contributed by atoms with E-state index in [0.29, 0.717) is 0 Å². The maximum atomic E-state index is 3.52. The van der Waals surface area contributed by atoms with Crippen LogP contribution in [0.15, 0.2) is 23.1 Å². The third-order valence-corrected chi connectivity index (χ3v) is 4.20. The molecule has 1 unspecified atom stereocenters. The molecule has 13 heavy (non-hydrogen) atoms. The monoisotopic (exact) mass is 191 g/mol. The molecule has 1 atom stereocenters. The molecule has 68 valence electrons. The van der Waals surface area contributed by atoms with Crippen LogP contribution in [0, 0.1) is 0 Å². The minimum absolute atomic E-state index is 0.777. The summed E-state index contributed by atoms with van der Waals surface area (Å²) in [6, 6.07) is 6.77. The molecule has 0 aromatic heterocycles. The minimum Gasteiger partial charge on any atom is -0.316 e.